The Morgan fingerprint density at radius 1 is 1.29 bits per heavy atom. The van der Waals surface area contributed by atoms with Crippen molar-refractivity contribution < 1.29 is 9.31 Å². The first-order valence-electron chi connectivity index (χ1n) is 6.04. The number of rotatable bonds is 4. The van der Waals surface area contributed by atoms with Crippen molar-refractivity contribution in [3.05, 3.63) is 67.9 Å². The van der Waals surface area contributed by atoms with E-state index in [-0.39, 0.29) is 10.7 Å². The van der Waals surface area contributed by atoms with Crippen molar-refractivity contribution in [3.63, 3.8) is 0 Å². The van der Waals surface area contributed by atoms with E-state index in [1.54, 1.807) is 19.1 Å². The average Bonchev–Trinajstić information content (AvgIpc) is 2.43. The normalized spacial score (nSPS) is 12.0. The molecule has 0 bridgehead atoms. The molecule has 0 amide bonds. The van der Waals surface area contributed by atoms with Gasteiger partial charge in [0.1, 0.15) is 5.82 Å². The molecule has 110 valence electrons. The smallest absolute Gasteiger partial charge is 0.271 e. The van der Waals surface area contributed by atoms with E-state index in [4.69, 9.17) is 23.2 Å². The number of nitrogens with zero attached hydrogens (tertiary/aromatic N) is 1. The number of benzene rings is 2. The Hall–Kier alpha value is -1.85. The lowest BCUT2D eigenvalue weighted by molar-refractivity contribution is -0.384. The van der Waals surface area contributed by atoms with Crippen molar-refractivity contribution >= 4 is 34.6 Å². The van der Waals surface area contributed by atoms with Crippen LogP contribution in [0.15, 0.2) is 36.4 Å². The van der Waals surface area contributed by atoms with Gasteiger partial charge in [0.15, 0.2) is 0 Å². The molecule has 21 heavy (non-hydrogen) atoms. The van der Waals surface area contributed by atoms with Crippen molar-refractivity contribution in [2.45, 2.75) is 13.0 Å². The van der Waals surface area contributed by atoms with Gasteiger partial charge in [-0.1, -0.05) is 29.3 Å². The summed E-state index contributed by atoms with van der Waals surface area (Å²) in [5.74, 6) is -0.566. The fraction of sp³-hybridized carbons (Fsp3) is 0.143. The second kappa shape index (κ2) is 6.28. The summed E-state index contributed by atoms with van der Waals surface area (Å²) in [5.41, 5.74) is 0.890. The third-order valence-electron chi connectivity index (χ3n) is 2.95. The van der Waals surface area contributed by atoms with E-state index >= 15 is 0 Å². The number of nitro benzene ring substituents is 1. The van der Waals surface area contributed by atoms with Crippen LogP contribution in [0.25, 0.3) is 0 Å². The van der Waals surface area contributed by atoms with Gasteiger partial charge in [-0.3, -0.25) is 10.1 Å². The zero-order valence-electron chi connectivity index (χ0n) is 10.9. The van der Waals surface area contributed by atoms with E-state index in [0.717, 1.165) is 0 Å². The van der Waals surface area contributed by atoms with Crippen molar-refractivity contribution in [1.29, 1.82) is 0 Å². The van der Waals surface area contributed by atoms with Crippen molar-refractivity contribution in [3.8, 4) is 0 Å². The van der Waals surface area contributed by atoms with Crippen molar-refractivity contribution in [2.24, 2.45) is 0 Å². The van der Waals surface area contributed by atoms with E-state index < -0.39 is 16.8 Å². The highest BCUT2D eigenvalue weighted by Gasteiger charge is 2.17. The minimum absolute atomic E-state index is 0.0383. The summed E-state index contributed by atoms with van der Waals surface area (Å²) in [6, 6.07) is 8.20. The molecule has 1 N–H and O–H groups in total. The number of halogens is 3. The first-order valence-corrected chi connectivity index (χ1v) is 6.80. The van der Waals surface area contributed by atoms with Crippen molar-refractivity contribution in [2.75, 3.05) is 5.32 Å². The number of hydrogen-bond donors (Lipinski definition) is 1. The monoisotopic (exact) mass is 328 g/mol. The highest BCUT2D eigenvalue weighted by atomic mass is 35.5. The molecule has 0 aliphatic heterocycles. The van der Waals surface area contributed by atoms with E-state index in [2.05, 4.69) is 5.32 Å². The lowest BCUT2D eigenvalue weighted by Crippen LogP contribution is -2.09. The first kappa shape index (κ1) is 15.5. The van der Waals surface area contributed by atoms with Crippen LogP contribution in [-0.2, 0) is 0 Å². The first-order chi connectivity index (χ1) is 9.90. The molecule has 2 rings (SSSR count). The van der Waals surface area contributed by atoms with Gasteiger partial charge in [-0.05, 0) is 25.1 Å². The molecule has 2 aromatic carbocycles. The van der Waals surface area contributed by atoms with Crippen LogP contribution in [0.5, 0.6) is 0 Å². The average molecular weight is 329 g/mol. The summed E-state index contributed by atoms with van der Waals surface area (Å²) < 4.78 is 13.5. The molecule has 7 heteroatoms. The van der Waals surface area contributed by atoms with Crippen LogP contribution in [0.1, 0.15) is 18.5 Å². The van der Waals surface area contributed by atoms with Gasteiger partial charge in [0.05, 0.1) is 16.0 Å². The van der Waals surface area contributed by atoms with Crippen LogP contribution < -0.4 is 5.32 Å². The predicted octanol–water partition coefficient (Wildman–Crippen LogP) is 5.21. The van der Waals surface area contributed by atoms with Crippen molar-refractivity contribution in [1.82, 2.24) is 0 Å². The molecular weight excluding hydrogens is 318 g/mol. The Balaban J connectivity index is 2.30. The molecule has 0 aromatic heterocycles. The summed E-state index contributed by atoms with van der Waals surface area (Å²) in [4.78, 5) is 10.3. The number of anilines is 1. The maximum absolute atomic E-state index is 13.5. The quantitative estimate of drug-likeness (QED) is 0.476. The molecule has 4 nitrogen and oxygen atoms in total. The van der Waals surface area contributed by atoms with E-state index in [0.29, 0.717) is 16.3 Å². The summed E-state index contributed by atoms with van der Waals surface area (Å²) in [7, 11) is 0. The molecule has 0 radical (unpaired) electrons. The zero-order chi connectivity index (χ0) is 15.6. The molecule has 0 aliphatic rings. The number of non-ortho nitro benzene ring substituents is 1. The lowest BCUT2D eigenvalue weighted by Gasteiger charge is -2.18. The molecule has 0 spiro atoms. The SMILES string of the molecule is CC(Nc1cccc([N+](=O)[O-])c1)c1c(Cl)ccc(F)c1Cl. The van der Waals surface area contributed by atoms with E-state index in [1.165, 1.54) is 24.3 Å². The summed E-state index contributed by atoms with van der Waals surface area (Å²) in [6.45, 7) is 1.74. The molecule has 1 atom stereocenters. The Bertz CT molecular complexity index is 695. The number of nitrogens with one attached hydrogen (secondary N) is 1. The fourth-order valence-corrected chi connectivity index (χ4v) is 2.67. The van der Waals surface area contributed by atoms with Crippen LogP contribution in [0, 0.1) is 15.9 Å². The predicted molar refractivity (Wildman–Crippen MR) is 81.6 cm³/mol. The molecule has 0 aliphatic carbocycles. The number of hydrogen-bond acceptors (Lipinski definition) is 3. The maximum Gasteiger partial charge on any atom is 0.271 e. The molecule has 0 saturated carbocycles. The maximum atomic E-state index is 13.5. The Kier molecular flexibility index (Phi) is 4.65. The van der Waals surface area contributed by atoms with Crippen LogP contribution in [-0.4, -0.2) is 4.92 Å². The minimum atomic E-state index is -0.566. The third-order valence-corrected chi connectivity index (χ3v) is 3.67. The molecule has 0 fully saturated rings. The zero-order valence-corrected chi connectivity index (χ0v) is 12.5. The second-order valence-corrected chi connectivity index (χ2v) is 5.22. The van der Waals surface area contributed by atoms with Crippen LogP contribution in [0.3, 0.4) is 0 Å². The highest BCUT2D eigenvalue weighted by molar-refractivity contribution is 6.36. The molecular formula is C14H11Cl2FN2O2. The minimum Gasteiger partial charge on any atom is -0.378 e. The van der Waals surface area contributed by atoms with Gasteiger partial charge >= 0.3 is 0 Å². The Morgan fingerprint density at radius 2 is 2.00 bits per heavy atom. The van der Waals surface area contributed by atoms with Gasteiger partial charge in [0, 0.05) is 28.4 Å². The van der Waals surface area contributed by atoms with Crippen LogP contribution in [0.4, 0.5) is 15.8 Å². The summed E-state index contributed by atoms with van der Waals surface area (Å²) in [6.07, 6.45) is 0. The number of nitro groups is 1. The van der Waals surface area contributed by atoms with Gasteiger partial charge in [0.25, 0.3) is 5.69 Å². The molecule has 2 aromatic rings. The second-order valence-electron chi connectivity index (χ2n) is 4.43. The van der Waals surface area contributed by atoms with E-state index in [9.17, 15) is 14.5 Å². The Morgan fingerprint density at radius 3 is 2.67 bits per heavy atom. The largest absolute Gasteiger partial charge is 0.378 e. The van der Waals surface area contributed by atoms with Crippen LogP contribution in [0.2, 0.25) is 10.0 Å². The molecule has 0 heterocycles. The summed E-state index contributed by atoms with van der Waals surface area (Å²) >= 11 is 12.0. The fourth-order valence-electron chi connectivity index (χ4n) is 1.97. The molecule has 1 unspecified atom stereocenters. The lowest BCUT2D eigenvalue weighted by atomic mass is 10.1. The Labute approximate surface area is 130 Å². The van der Waals surface area contributed by atoms with Crippen LogP contribution >= 0.6 is 23.2 Å². The van der Waals surface area contributed by atoms with E-state index in [1.807, 2.05) is 0 Å². The topological polar surface area (TPSA) is 55.2 Å². The molecule has 0 saturated heterocycles. The third kappa shape index (κ3) is 3.43. The van der Waals surface area contributed by atoms with Gasteiger partial charge in [-0.15, -0.1) is 0 Å². The van der Waals surface area contributed by atoms with Gasteiger partial charge in [0.2, 0.25) is 0 Å². The van der Waals surface area contributed by atoms with Gasteiger partial charge < -0.3 is 5.32 Å². The standard InChI is InChI=1S/C14H11Cl2FN2O2/c1-8(13-11(15)5-6-12(17)14(13)16)18-9-3-2-4-10(7-9)19(20)21/h2-8,18H,1H3. The van der Waals surface area contributed by atoms with Gasteiger partial charge in [-0.25, -0.2) is 4.39 Å². The highest BCUT2D eigenvalue weighted by Crippen LogP contribution is 2.34. The van der Waals surface area contributed by atoms with Gasteiger partial charge in [-0.2, -0.15) is 0 Å². The summed E-state index contributed by atoms with van der Waals surface area (Å²) in [5, 5.41) is 14.0.